The number of phenols is 3. The molecule has 0 aromatic heterocycles. The number of phenolic OH excluding ortho intramolecular Hbond substituents is 3. The molecule has 4 heteroatoms. The summed E-state index contributed by atoms with van der Waals surface area (Å²) in [5, 5.41) is 28.2. The predicted octanol–water partition coefficient (Wildman–Crippen LogP) is 3.38. The van der Waals surface area contributed by atoms with Crippen LogP contribution in [-0.4, -0.2) is 22.4 Å². The Morgan fingerprint density at radius 3 is 1.90 bits per heavy atom. The third-order valence-corrected chi connectivity index (χ3v) is 3.46. The molecule has 0 aliphatic heterocycles. The summed E-state index contributed by atoms with van der Waals surface area (Å²) in [6.07, 6.45) is 3.73. The lowest BCUT2D eigenvalue weighted by molar-refractivity contribution is 0.373. The Morgan fingerprint density at radius 1 is 0.762 bits per heavy atom. The lowest BCUT2D eigenvalue weighted by Gasteiger charge is -2.07. The second-order valence-electron chi connectivity index (χ2n) is 5.04. The molecule has 3 N–H and O–H groups in total. The van der Waals surface area contributed by atoms with E-state index < -0.39 is 0 Å². The molecule has 0 atom stereocenters. The largest absolute Gasteiger partial charge is 0.504 e. The molecule has 112 valence electrons. The standard InChI is InChI=1S/C17H20O4/c1-21-17-11-13(7-9-15(17)19)5-3-2-4-12-6-8-14(18)16(20)10-12/h6-11,18-20H,2-5H2,1H3. The molecule has 0 saturated carbocycles. The van der Waals surface area contributed by atoms with Gasteiger partial charge in [0.1, 0.15) is 0 Å². The maximum absolute atomic E-state index is 9.53. The molecular formula is C17H20O4. The molecule has 0 saturated heterocycles. The molecule has 21 heavy (non-hydrogen) atoms. The summed E-state index contributed by atoms with van der Waals surface area (Å²) in [6.45, 7) is 0. The fraction of sp³-hybridized carbons (Fsp3) is 0.294. The first-order valence-corrected chi connectivity index (χ1v) is 6.97. The Kier molecular flexibility index (Phi) is 4.93. The van der Waals surface area contributed by atoms with Crippen molar-refractivity contribution in [2.45, 2.75) is 25.7 Å². The van der Waals surface area contributed by atoms with E-state index in [-0.39, 0.29) is 17.2 Å². The van der Waals surface area contributed by atoms with Crippen molar-refractivity contribution in [3.63, 3.8) is 0 Å². The van der Waals surface area contributed by atoms with E-state index in [2.05, 4.69) is 0 Å². The lowest BCUT2D eigenvalue weighted by atomic mass is 10.0. The van der Waals surface area contributed by atoms with Crippen LogP contribution in [0.3, 0.4) is 0 Å². The number of aryl methyl sites for hydroxylation is 2. The summed E-state index contributed by atoms with van der Waals surface area (Å²) < 4.78 is 5.08. The molecular weight excluding hydrogens is 268 g/mol. The number of methoxy groups -OCH3 is 1. The summed E-state index contributed by atoms with van der Waals surface area (Å²) in [5.41, 5.74) is 2.13. The van der Waals surface area contributed by atoms with E-state index in [0.717, 1.165) is 36.8 Å². The average Bonchev–Trinajstić information content (AvgIpc) is 2.48. The molecule has 2 rings (SSSR count). The minimum absolute atomic E-state index is 0.0734. The molecule has 4 nitrogen and oxygen atoms in total. The molecule has 0 radical (unpaired) electrons. The third kappa shape index (κ3) is 4.05. The van der Waals surface area contributed by atoms with E-state index in [1.807, 2.05) is 18.2 Å². The van der Waals surface area contributed by atoms with Crippen LogP contribution in [-0.2, 0) is 12.8 Å². The van der Waals surface area contributed by atoms with Crippen LogP contribution < -0.4 is 4.74 Å². The third-order valence-electron chi connectivity index (χ3n) is 3.46. The number of unbranched alkanes of at least 4 members (excludes halogenated alkanes) is 1. The van der Waals surface area contributed by atoms with Crippen LogP contribution in [0.4, 0.5) is 0 Å². The highest BCUT2D eigenvalue weighted by Gasteiger charge is 2.04. The topological polar surface area (TPSA) is 69.9 Å². The van der Waals surface area contributed by atoms with Crippen molar-refractivity contribution < 1.29 is 20.1 Å². The van der Waals surface area contributed by atoms with Crippen molar-refractivity contribution in [2.24, 2.45) is 0 Å². The van der Waals surface area contributed by atoms with E-state index in [4.69, 9.17) is 4.74 Å². The van der Waals surface area contributed by atoms with Crippen molar-refractivity contribution >= 4 is 0 Å². The van der Waals surface area contributed by atoms with Crippen LogP contribution >= 0.6 is 0 Å². The van der Waals surface area contributed by atoms with Gasteiger partial charge in [0.25, 0.3) is 0 Å². The molecule has 0 unspecified atom stereocenters. The van der Waals surface area contributed by atoms with Crippen molar-refractivity contribution in [2.75, 3.05) is 7.11 Å². The van der Waals surface area contributed by atoms with Gasteiger partial charge in [0.2, 0.25) is 0 Å². The minimum Gasteiger partial charge on any atom is -0.504 e. The van der Waals surface area contributed by atoms with Crippen LogP contribution in [0.5, 0.6) is 23.0 Å². The molecule has 0 spiro atoms. The van der Waals surface area contributed by atoms with Gasteiger partial charge >= 0.3 is 0 Å². The minimum atomic E-state index is -0.0880. The predicted molar refractivity (Wildman–Crippen MR) is 81.1 cm³/mol. The van der Waals surface area contributed by atoms with Gasteiger partial charge in [0, 0.05) is 0 Å². The van der Waals surface area contributed by atoms with Crippen molar-refractivity contribution in [3.8, 4) is 23.0 Å². The highest BCUT2D eigenvalue weighted by molar-refractivity contribution is 5.42. The normalized spacial score (nSPS) is 10.5. The van der Waals surface area contributed by atoms with E-state index >= 15 is 0 Å². The van der Waals surface area contributed by atoms with Gasteiger partial charge in [-0.15, -0.1) is 0 Å². The van der Waals surface area contributed by atoms with Crippen molar-refractivity contribution in [1.29, 1.82) is 0 Å². The number of hydrogen-bond donors (Lipinski definition) is 3. The van der Waals surface area contributed by atoms with Gasteiger partial charge in [0.05, 0.1) is 7.11 Å². The van der Waals surface area contributed by atoms with E-state index in [1.54, 1.807) is 12.1 Å². The highest BCUT2D eigenvalue weighted by atomic mass is 16.5. The van der Waals surface area contributed by atoms with Crippen LogP contribution in [0.1, 0.15) is 24.0 Å². The second-order valence-corrected chi connectivity index (χ2v) is 5.04. The van der Waals surface area contributed by atoms with Crippen LogP contribution in [0.25, 0.3) is 0 Å². The summed E-state index contributed by atoms with van der Waals surface area (Å²) in [4.78, 5) is 0. The molecule has 0 bridgehead atoms. The van der Waals surface area contributed by atoms with Crippen LogP contribution in [0.15, 0.2) is 36.4 Å². The molecule has 0 fully saturated rings. The fourth-order valence-corrected chi connectivity index (χ4v) is 2.26. The van der Waals surface area contributed by atoms with Gasteiger partial charge in [0.15, 0.2) is 23.0 Å². The van der Waals surface area contributed by atoms with Gasteiger partial charge < -0.3 is 20.1 Å². The molecule has 0 aliphatic carbocycles. The maximum atomic E-state index is 9.53. The summed E-state index contributed by atoms with van der Waals surface area (Å²) in [6, 6.07) is 10.3. The summed E-state index contributed by atoms with van der Waals surface area (Å²) in [5.74, 6) is 0.488. The van der Waals surface area contributed by atoms with E-state index in [0.29, 0.717) is 5.75 Å². The first-order valence-electron chi connectivity index (χ1n) is 6.97. The van der Waals surface area contributed by atoms with Crippen LogP contribution in [0, 0.1) is 0 Å². The highest BCUT2D eigenvalue weighted by Crippen LogP contribution is 2.27. The van der Waals surface area contributed by atoms with Crippen LogP contribution in [0.2, 0.25) is 0 Å². The number of rotatable bonds is 6. The number of ether oxygens (including phenoxy) is 1. The summed E-state index contributed by atoms with van der Waals surface area (Å²) >= 11 is 0. The monoisotopic (exact) mass is 288 g/mol. The van der Waals surface area contributed by atoms with Gasteiger partial charge in [-0.25, -0.2) is 0 Å². The lowest BCUT2D eigenvalue weighted by Crippen LogP contribution is -1.91. The van der Waals surface area contributed by atoms with E-state index in [9.17, 15) is 15.3 Å². The molecule has 0 amide bonds. The second kappa shape index (κ2) is 6.88. The van der Waals surface area contributed by atoms with E-state index in [1.165, 1.54) is 13.2 Å². The Labute approximate surface area is 124 Å². The Morgan fingerprint density at radius 2 is 1.33 bits per heavy atom. The van der Waals surface area contributed by atoms with Crippen molar-refractivity contribution in [3.05, 3.63) is 47.5 Å². The average molecular weight is 288 g/mol. The Balaban J connectivity index is 1.83. The number of aromatic hydroxyl groups is 3. The fourth-order valence-electron chi connectivity index (χ4n) is 2.26. The first-order chi connectivity index (χ1) is 10.1. The molecule has 0 heterocycles. The molecule has 0 aliphatic rings. The zero-order chi connectivity index (χ0) is 15.2. The maximum Gasteiger partial charge on any atom is 0.160 e. The SMILES string of the molecule is COc1cc(CCCCc2ccc(O)c(O)c2)ccc1O. The quantitative estimate of drug-likeness (QED) is 0.563. The van der Waals surface area contributed by atoms with Gasteiger partial charge in [-0.1, -0.05) is 12.1 Å². The number of hydrogen-bond acceptors (Lipinski definition) is 4. The Hall–Kier alpha value is -2.36. The van der Waals surface area contributed by atoms with Gasteiger partial charge in [-0.05, 0) is 61.1 Å². The first kappa shape index (κ1) is 15.0. The zero-order valence-electron chi connectivity index (χ0n) is 12.0. The summed E-state index contributed by atoms with van der Waals surface area (Å²) in [7, 11) is 1.54. The Bertz CT molecular complexity index is 608. The number of benzene rings is 2. The smallest absolute Gasteiger partial charge is 0.160 e. The molecule has 2 aromatic rings. The molecule has 2 aromatic carbocycles. The van der Waals surface area contributed by atoms with Gasteiger partial charge in [-0.2, -0.15) is 0 Å². The van der Waals surface area contributed by atoms with Gasteiger partial charge in [-0.3, -0.25) is 0 Å². The van der Waals surface area contributed by atoms with Crippen molar-refractivity contribution in [1.82, 2.24) is 0 Å². The zero-order valence-corrected chi connectivity index (χ0v) is 12.0.